The molecule has 86 valence electrons. The Morgan fingerprint density at radius 1 is 1.19 bits per heavy atom. The zero-order chi connectivity index (χ0) is 12.5. The van der Waals surface area contributed by atoms with Crippen LogP contribution in [0.5, 0.6) is 0 Å². The van der Waals surface area contributed by atoms with Crippen molar-refractivity contribution in [1.82, 2.24) is 0 Å². The molecule has 0 saturated carbocycles. The fourth-order valence-corrected chi connectivity index (χ4v) is 1.01. The smallest absolute Gasteiger partial charge is 0.244 e. The molecule has 0 atom stereocenters. The van der Waals surface area contributed by atoms with Crippen LogP contribution >= 0.6 is 0 Å². The minimum atomic E-state index is -1.57. The van der Waals surface area contributed by atoms with Gasteiger partial charge in [-0.1, -0.05) is 0 Å². The average Bonchev–Trinajstić information content (AvgIpc) is 2.21. The summed E-state index contributed by atoms with van der Waals surface area (Å²) in [6.07, 6.45) is 0.652. The second kappa shape index (κ2) is 4.34. The summed E-state index contributed by atoms with van der Waals surface area (Å²) in [4.78, 5) is 10.6. The summed E-state index contributed by atoms with van der Waals surface area (Å²) in [5.74, 6) is -7.16. The number of primary amides is 1. The van der Waals surface area contributed by atoms with Gasteiger partial charge in [-0.25, -0.2) is 17.6 Å². The van der Waals surface area contributed by atoms with Crippen LogP contribution in [-0.4, -0.2) is 5.91 Å². The Labute approximate surface area is 88.4 Å². The third-order valence-electron chi connectivity index (χ3n) is 1.90. The zero-order valence-electron chi connectivity index (χ0n) is 8.15. The maximum atomic E-state index is 13.1. The molecule has 0 radical (unpaired) electrons. The first-order chi connectivity index (χ1) is 7.34. The molecule has 0 heterocycles. The molecule has 1 aromatic rings. The molecular formula is C10H7F4NO. The number of halogens is 4. The predicted molar refractivity (Wildman–Crippen MR) is 49.1 cm³/mol. The van der Waals surface area contributed by atoms with Crippen LogP contribution in [0.15, 0.2) is 11.6 Å². The summed E-state index contributed by atoms with van der Waals surface area (Å²) >= 11 is 0. The van der Waals surface area contributed by atoms with Crippen LogP contribution < -0.4 is 5.73 Å². The first-order valence-corrected chi connectivity index (χ1v) is 4.15. The van der Waals surface area contributed by atoms with Gasteiger partial charge in [0.05, 0.1) is 5.56 Å². The second-order valence-corrected chi connectivity index (χ2v) is 3.07. The molecule has 0 unspecified atom stereocenters. The van der Waals surface area contributed by atoms with Gasteiger partial charge >= 0.3 is 0 Å². The van der Waals surface area contributed by atoms with Crippen molar-refractivity contribution in [2.45, 2.75) is 6.92 Å². The molecular weight excluding hydrogens is 226 g/mol. The molecule has 0 aliphatic rings. The quantitative estimate of drug-likeness (QED) is 0.474. The van der Waals surface area contributed by atoms with Gasteiger partial charge in [-0.15, -0.1) is 0 Å². The molecule has 2 N–H and O–H groups in total. The number of amides is 1. The van der Waals surface area contributed by atoms with Crippen LogP contribution in [0.1, 0.15) is 12.5 Å². The summed E-state index contributed by atoms with van der Waals surface area (Å²) in [7, 11) is 0. The second-order valence-electron chi connectivity index (χ2n) is 3.07. The van der Waals surface area contributed by atoms with E-state index in [-0.39, 0.29) is 11.6 Å². The van der Waals surface area contributed by atoms with Gasteiger partial charge in [0.2, 0.25) is 5.91 Å². The maximum Gasteiger partial charge on any atom is 0.244 e. The van der Waals surface area contributed by atoms with Gasteiger partial charge in [-0.3, -0.25) is 4.79 Å². The average molecular weight is 233 g/mol. The van der Waals surface area contributed by atoms with Gasteiger partial charge in [-0.2, -0.15) is 0 Å². The minimum Gasteiger partial charge on any atom is -0.366 e. The summed E-state index contributed by atoms with van der Waals surface area (Å²) in [5.41, 5.74) is 3.64. The topological polar surface area (TPSA) is 43.1 Å². The van der Waals surface area contributed by atoms with Gasteiger partial charge < -0.3 is 5.73 Å². The summed E-state index contributed by atoms with van der Waals surface area (Å²) in [6, 6.07) is 0.0849. The van der Waals surface area contributed by atoms with Gasteiger partial charge in [0.25, 0.3) is 0 Å². The minimum absolute atomic E-state index is 0.0849. The molecule has 0 bridgehead atoms. The number of carbonyl (C=O) groups excluding carboxylic acids is 1. The zero-order valence-corrected chi connectivity index (χ0v) is 8.15. The Hall–Kier alpha value is -1.85. The SMILES string of the molecule is CC(=Cc1c(F)c(F)cc(F)c1F)C(N)=O. The summed E-state index contributed by atoms with van der Waals surface area (Å²) in [5, 5.41) is 0. The standard InChI is InChI=1S/C10H7F4NO/c1-4(10(15)16)2-5-8(13)6(11)3-7(12)9(5)14/h2-3H,1H3,(H2,15,16). The lowest BCUT2D eigenvalue weighted by atomic mass is 10.1. The van der Waals surface area contributed by atoms with E-state index in [2.05, 4.69) is 0 Å². The van der Waals surface area contributed by atoms with E-state index in [1.54, 1.807) is 0 Å². The van der Waals surface area contributed by atoms with Crippen LogP contribution in [-0.2, 0) is 4.79 Å². The third kappa shape index (κ3) is 2.21. The third-order valence-corrected chi connectivity index (χ3v) is 1.90. The van der Waals surface area contributed by atoms with Crippen molar-refractivity contribution in [3.8, 4) is 0 Å². The van der Waals surface area contributed by atoms with E-state index in [0.29, 0.717) is 6.08 Å². The normalized spacial score (nSPS) is 11.7. The lowest BCUT2D eigenvalue weighted by Gasteiger charge is -2.03. The van der Waals surface area contributed by atoms with Crippen molar-refractivity contribution in [3.63, 3.8) is 0 Å². The number of rotatable bonds is 2. The van der Waals surface area contributed by atoms with E-state index in [0.717, 1.165) is 0 Å². The monoisotopic (exact) mass is 233 g/mol. The van der Waals surface area contributed by atoms with Crippen molar-refractivity contribution >= 4 is 12.0 Å². The number of carbonyl (C=O) groups is 1. The molecule has 0 saturated heterocycles. The van der Waals surface area contributed by atoms with Gasteiger partial charge in [0.1, 0.15) is 0 Å². The fourth-order valence-electron chi connectivity index (χ4n) is 1.01. The van der Waals surface area contributed by atoms with E-state index in [4.69, 9.17) is 5.73 Å². The number of benzene rings is 1. The van der Waals surface area contributed by atoms with E-state index < -0.39 is 34.7 Å². The molecule has 1 rings (SSSR count). The van der Waals surface area contributed by atoms with Crippen molar-refractivity contribution in [2.75, 3.05) is 0 Å². The molecule has 0 fully saturated rings. The Kier molecular flexibility index (Phi) is 3.31. The highest BCUT2D eigenvalue weighted by Gasteiger charge is 2.17. The van der Waals surface area contributed by atoms with Crippen LogP contribution in [0.4, 0.5) is 17.6 Å². The lowest BCUT2D eigenvalue weighted by Crippen LogP contribution is -2.12. The Bertz CT molecular complexity index is 456. The molecule has 16 heavy (non-hydrogen) atoms. The van der Waals surface area contributed by atoms with E-state index in [1.807, 2.05) is 0 Å². The highest BCUT2D eigenvalue weighted by Crippen LogP contribution is 2.21. The molecule has 2 nitrogen and oxygen atoms in total. The van der Waals surface area contributed by atoms with Crippen LogP contribution in [0, 0.1) is 23.3 Å². The highest BCUT2D eigenvalue weighted by atomic mass is 19.2. The summed E-state index contributed by atoms with van der Waals surface area (Å²) < 4.78 is 51.7. The Morgan fingerprint density at radius 2 is 1.62 bits per heavy atom. The molecule has 0 spiro atoms. The van der Waals surface area contributed by atoms with Crippen LogP contribution in [0.2, 0.25) is 0 Å². The lowest BCUT2D eigenvalue weighted by molar-refractivity contribution is -0.114. The number of hydrogen-bond acceptors (Lipinski definition) is 1. The van der Waals surface area contributed by atoms with Crippen LogP contribution in [0.3, 0.4) is 0 Å². The van der Waals surface area contributed by atoms with Crippen molar-refractivity contribution < 1.29 is 22.4 Å². The van der Waals surface area contributed by atoms with E-state index in [1.165, 1.54) is 6.92 Å². The molecule has 1 aromatic carbocycles. The number of hydrogen-bond donors (Lipinski definition) is 1. The van der Waals surface area contributed by atoms with Crippen molar-refractivity contribution in [1.29, 1.82) is 0 Å². The Morgan fingerprint density at radius 3 is 2.00 bits per heavy atom. The molecule has 1 amide bonds. The fraction of sp³-hybridized carbons (Fsp3) is 0.100. The van der Waals surface area contributed by atoms with Crippen LogP contribution in [0.25, 0.3) is 6.08 Å². The number of nitrogens with two attached hydrogens (primary N) is 1. The van der Waals surface area contributed by atoms with Gasteiger partial charge in [0, 0.05) is 11.6 Å². The molecule has 6 heteroatoms. The Balaban J connectivity index is 3.44. The van der Waals surface area contributed by atoms with Gasteiger partial charge in [0.15, 0.2) is 23.3 Å². The molecule has 0 aliphatic heterocycles. The first-order valence-electron chi connectivity index (χ1n) is 4.15. The largest absolute Gasteiger partial charge is 0.366 e. The van der Waals surface area contributed by atoms with E-state index >= 15 is 0 Å². The van der Waals surface area contributed by atoms with Gasteiger partial charge in [-0.05, 0) is 13.0 Å². The van der Waals surface area contributed by atoms with Crippen molar-refractivity contribution in [2.24, 2.45) is 5.73 Å². The van der Waals surface area contributed by atoms with Crippen molar-refractivity contribution in [3.05, 3.63) is 40.5 Å². The van der Waals surface area contributed by atoms with E-state index in [9.17, 15) is 22.4 Å². The maximum absolute atomic E-state index is 13.1. The molecule has 0 aliphatic carbocycles. The summed E-state index contributed by atoms with van der Waals surface area (Å²) in [6.45, 7) is 1.17. The predicted octanol–water partition coefficient (Wildman–Crippen LogP) is 2.13. The highest BCUT2D eigenvalue weighted by molar-refractivity contribution is 5.96. The molecule has 0 aromatic heterocycles. The first kappa shape index (κ1) is 12.2.